The number of amides is 2. The van der Waals surface area contributed by atoms with Crippen molar-refractivity contribution in [1.29, 1.82) is 0 Å². The molecule has 2 rings (SSSR count). The number of hydroxylamine groups is 2. The Kier molecular flexibility index (Phi) is 3.83. The summed E-state index contributed by atoms with van der Waals surface area (Å²) in [4.78, 5) is 51.6. The van der Waals surface area contributed by atoms with Crippen LogP contribution in [0.15, 0.2) is 0 Å². The lowest BCUT2D eigenvalue weighted by atomic mass is 10.1. The maximum Gasteiger partial charge on any atom is 0.372 e. The smallest absolute Gasteiger partial charge is 0.372 e. The molecule has 0 aromatic heterocycles. The predicted molar refractivity (Wildman–Crippen MR) is 66.7 cm³/mol. The van der Waals surface area contributed by atoms with Crippen molar-refractivity contribution in [2.75, 3.05) is 6.61 Å². The number of rotatable bonds is 4. The van der Waals surface area contributed by atoms with Crippen molar-refractivity contribution in [2.24, 2.45) is 0 Å². The van der Waals surface area contributed by atoms with E-state index in [0.717, 1.165) is 0 Å². The Labute approximate surface area is 124 Å². The lowest BCUT2D eigenvalue weighted by Gasteiger charge is -2.30. The van der Waals surface area contributed by atoms with Crippen LogP contribution in [-0.4, -0.2) is 63.0 Å². The van der Waals surface area contributed by atoms with E-state index in [1.54, 1.807) is 0 Å². The van der Waals surface area contributed by atoms with E-state index < -0.39 is 41.1 Å². The minimum absolute atomic E-state index is 0.167. The van der Waals surface area contributed by atoms with Crippen molar-refractivity contribution in [3.05, 3.63) is 0 Å². The topological polar surface area (TPSA) is 142 Å². The van der Waals surface area contributed by atoms with E-state index in [0.29, 0.717) is 5.06 Å². The maximum atomic E-state index is 12.2. The molecule has 0 aliphatic carbocycles. The Hall–Kier alpha value is -2.20. The second-order valence-corrected chi connectivity index (χ2v) is 5.58. The molecule has 2 atom stereocenters. The number of hydrogen-bond acceptors (Lipinski definition) is 7. The number of carbonyl (C=O) groups is 4. The number of carbonyl (C=O) groups excluding carboxylic acids is 3. The van der Waals surface area contributed by atoms with Crippen LogP contribution in [0.25, 0.3) is 0 Å². The summed E-state index contributed by atoms with van der Waals surface area (Å²) in [6.07, 6.45) is -0.417. The molecule has 0 aromatic carbocycles. The highest BCUT2D eigenvalue weighted by Gasteiger charge is 2.59. The van der Waals surface area contributed by atoms with Crippen molar-refractivity contribution in [1.82, 2.24) is 10.4 Å². The zero-order chi connectivity index (χ0) is 16.7. The number of ether oxygens (including phenoxy) is 1. The van der Waals surface area contributed by atoms with E-state index in [-0.39, 0.29) is 19.4 Å². The molecule has 2 fully saturated rings. The maximum absolute atomic E-state index is 12.2. The van der Waals surface area contributed by atoms with Crippen molar-refractivity contribution >= 4 is 23.8 Å². The molecule has 3 N–H and O–H groups in total. The molecule has 0 radical (unpaired) electrons. The van der Waals surface area contributed by atoms with E-state index in [2.05, 4.69) is 5.32 Å². The first-order valence-corrected chi connectivity index (χ1v) is 6.53. The van der Waals surface area contributed by atoms with Crippen LogP contribution in [0.1, 0.15) is 26.7 Å². The van der Waals surface area contributed by atoms with Gasteiger partial charge in [0.25, 0.3) is 11.8 Å². The average Bonchev–Trinajstić information content (AvgIpc) is 2.94. The van der Waals surface area contributed by atoms with E-state index in [4.69, 9.17) is 9.57 Å². The second-order valence-electron chi connectivity index (χ2n) is 5.58. The fraction of sp³-hybridized carbons (Fsp3) is 0.667. The van der Waals surface area contributed by atoms with E-state index in [1.165, 1.54) is 13.8 Å². The standard InChI is InChI=1S/C12H16N2O8/c1-11(2,20)9(17)13-6-5-21-14(8(6)16)12(10(18)19)4-3-7(15)22-12/h6,20H,3-5H2,1-2H3,(H,13,17)(H,18,19)/t6-,12?/m0/s1. The fourth-order valence-corrected chi connectivity index (χ4v) is 2.09. The molecule has 0 aromatic rings. The van der Waals surface area contributed by atoms with Crippen LogP contribution < -0.4 is 5.32 Å². The Morgan fingerprint density at radius 2 is 2.05 bits per heavy atom. The van der Waals surface area contributed by atoms with Gasteiger partial charge in [-0.05, 0) is 13.8 Å². The van der Waals surface area contributed by atoms with Gasteiger partial charge < -0.3 is 20.3 Å². The van der Waals surface area contributed by atoms with Gasteiger partial charge in [0.15, 0.2) is 0 Å². The Bertz CT molecular complexity index is 540. The third-order valence-corrected chi connectivity index (χ3v) is 3.34. The van der Waals surface area contributed by atoms with Gasteiger partial charge in [0.05, 0.1) is 6.42 Å². The van der Waals surface area contributed by atoms with Gasteiger partial charge in [-0.1, -0.05) is 0 Å². The molecule has 10 nitrogen and oxygen atoms in total. The molecule has 0 bridgehead atoms. The molecule has 2 saturated heterocycles. The molecule has 10 heteroatoms. The summed E-state index contributed by atoms with van der Waals surface area (Å²) in [7, 11) is 0. The molecule has 2 heterocycles. The molecular weight excluding hydrogens is 300 g/mol. The number of hydrogen-bond donors (Lipinski definition) is 3. The lowest BCUT2D eigenvalue weighted by Crippen LogP contribution is -2.57. The Morgan fingerprint density at radius 1 is 1.41 bits per heavy atom. The normalized spacial score (nSPS) is 28.7. The predicted octanol–water partition coefficient (Wildman–Crippen LogP) is -1.87. The molecule has 2 amide bonds. The molecule has 0 spiro atoms. The quantitative estimate of drug-likeness (QED) is 0.512. The largest absolute Gasteiger partial charge is 0.477 e. The van der Waals surface area contributed by atoms with Gasteiger partial charge in [-0.3, -0.25) is 19.2 Å². The van der Waals surface area contributed by atoms with Gasteiger partial charge in [-0.2, -0.15) is 5.06 Å². The average molecular weight is 316 g/mol. The Morgan fingerprint density at radius 3 is 2.50 bits per heavy atom. The Balaban J connectivity index is 2.15. The number of esters is 1. The summed E-state index contributed by atoms with van der Waals surface area (Å²) in [5, 5.41) is 21.5. The van der Waals surface area contributed by atoms with Gasteiger partial charge in [-0.25, -0.2) is 4.79 Å². The first-order valence-electron chi connectivity index (χ1n) is 6.53. The van der Waals surface area contributed by atoms with Crippen LogP contribution in [0.3, 0.4) is 0 Å². The van der Waals surface area contributed by atoms with E-state index >= 15 is 0 Å². The van der Waals surface area contributed by atoms with Crippen molar-refractivity contribution < 1.29 is 39.0 Å². The first-order chi connectivity index (χ1) is 10.1. The third kappa shape index (κ3) is 2.62. The molecule has 2 aliphatic heterocycles. The van der Waals surface area contributed by atoms with Crippen LogP contribution in [0.5, 0.6) is 0 Å². The third-order valence-electron chi connectivity index (χ3n) is 3.34. The van der Waals surface area contributed by atoms with Crippen LogP contribution in [0.4, 0.5) is 0 Å². The van der Waals surface area contributed by atoms with E-state index in [1.807, 2.05) is 0 Å². The highest BCUT2D eigenvalue weighted by molar-refractivity contribution is 5.95. The van der Waals surface area contributed by atoms with Crippen LogP contribution in [0, 0.1) is 0 Å². The van der Waals surface area contributed by atoms with Gasteiger partial charge >= 0.3 is 17.7 Å². The number of aliphatic hydroxyl groups is 1. The molecule has 1 unspecified atom stereocenters. The monoisotopic (exact) mass is 316 g/mol. The van der Waals surface area contributed by atoms with Crippen molar-refractivity contribution in [3.63, 3.8) is 0 Å². The number of nitrogens with zero attached hydrogens (tertiary/aromatic N) is 1. The van der Waals surface area contributed by atoms with Crippen molar-refractivity contribution in [3.8, 4) is 0 Å². The van der Waals surface area contributed by atoms with Crippen molar-refractivity contribution in [2.45, 2.75) is 44.1 Å². The minimum Gasteiger partial charge on any atom is -0.477 e. The zero-order valence-corrected chi connectivity index (χ0v) is 12.0. The van der Waals surface area contributed by atoms with Gasteiger partial charge in [0.2, 0.25) is 0 Å². The summed E-state index contributed by atoms with van der Waals surface area (Å²) in [5.41, 5.74) is -3.93. The summed E-state index contributed by atoms with van der Waals surface area (Å²) in [6.45, 7) is 2.14. The summed E-state index contributed by atoms with van der Waals surface area (Å²) in [6, 6.07) is -1.17. The summed E-state index contributed by atoms with van der Waals surface area (Å²) < 4.78 is 4.76. The van der Waals surface area contributed by atoms with Crippen LogP contribution in [0.2, 0.25) is 0 Å². The molecule has 2 aliphatic rings. The van der Waals surface area contributed by atoms with E-state index in [9.17, 15) is 29.4 Å². The molecule has 22 heavy (non-hydrogen) atoms. The lowest BCUT2D eigenvalue weighted by molar-refractivity contribution is -0.256. The molecular formula is C12H16N2O8. The summed E-state index contributed by atoms with van der Waals surface area (Å²) >= 11 is 0. The zero-order valence-electron chi connectivity index (χ0n) is 12.0. The number of carboxylic acids is 1. The second kappa shape index (κ2) is 5.21. The van der Waals surface area contributed by atoms with Gasteiger partial charge in [-0.15, -0.1) is 0 Å². The number of cyclic esters (lactones) is 1. The fourth-order valence-electron chi connectivity index (χ4n) is 2.09. The first kappa shape index (κ1) is 16.2. The molecule has 122 valence electrons. The highest BCUT2D eigenvalue weighted by atomic mass is 16.7. The number of nitrogens with one attached hydrogen (secondary N) is 1. The molecule has 0 saturated carbocycles. The summed E-state index contributed by atoms with van der Waals surface area (Å²) in [5.74, 6) is -3.98. The van der Waals surface area contributed by atoms with Gasteiger partial charge in [0.1, 0.15) is 18.2 Å². The SMILES string of the molecule is CC(C)(O)C(=O)N[C@H]1CON(C2(C(=O)O)CCC(=O)O2)C1=O. The van der Waals surface area contributed by atoms with Crippen LogP contribution >= 0.6 is 0 Å². The minimum atomic E-state index is -2.22. The number of carboxylic acid groups (broad SMARTS) is 1. The highest BCUT2D eigenvalue weighted by Crippen LogP contribution is 2.34. The van der Waals surface area contributed by atoms with Crippen LogP contribution in [-0.2, 0) is 28.8 Å². The number of aliphatic carboxylic acids is 1. The van der Waals surface area contributed by atoms with Gasteiger partial charge in [0, 0.05) is 6.42 Å².